The van der Waals surface area contributed by atoms with Crippen LogP contribution in [0.1, 0.15) is 22.7 Å². The molecule has 1 atom stereocenters. The van der Waals surface area contributed by atoms with Gasteiger partial charge in [0.1, 0.15) is 0 Å². The molecule has 0 radical (unpaired) electrons. The molecule has 0 aliphatic carbocycles. The smallest absolute Gasteiger partial charge is 0.0607 e. The minimum atomic E-state index is -0.352. The van der Waals surface area contributed by atoms with Gasteiger partial charge in [0, 0.05) is 12.4 Å². The van der Waals surface area contributed by atoms with E-state index in [4.69, 9.17) is 0 Å². The number of nitrogens with one attached hydrogen (secondary N) is 1. The summed E-state index contributed by atoms with van der Waals surface area (Å²) in [5.41, 5.74) is 3.34. The lowest BCUT2D eigenvalue weighted by molar-refractivity contribution is 0.165. The molecule has 0 aliphatic heterocycles. The molecule has 4 nitrogen and oxygen atoms in total. The van der Waals surface area contributed by atoms with Crippen LogP contribution in [0.3, 0.4) is 0 Å². The lowest BCUT2D eigenvalue weighted by atomic mass is 9.98. The molecule has 1 heterocycles. The Morgan fingerprint density at radius 2 is 1.50 bits per heavy atom. The second kappa shape index (κ2) is 7.14. The monoisotopic (exact) mass is 272 g/mol. The van der Waals surface area contributed by atoms with Crippen LogP contribution in [-0.2, 0) is 0 Å². The topological polar surface area (TPSA) is 65.4 Å². The van der Waals surface area contributed by atoms with Crippen LogP contribution in [-0.4, -0.2) is 34.5 Å². The Morgan fingerprint density at radius 3 is 2.05 bits per heavy atom. The standard InChI is InChI=1S/C16H20N2O2/c1-12-2-4-13(5-3-12)16(18-15(10-19)11-20)14-6-8-17-9-7-14/h2-9,15-16,18-20H,10-11H2,1H3/t16-/m1/s1. The molecule has 2 aromatic rings. The maximum Gasteiger partial charge on any atom is 0.0607 e. The van der Waals surface area contributed by atoms with Gasteiger partial charge in [-0.05, 0) is 30.2 Å². The molecule has 1 aromatic carbocycles. The molecule has 3 N–H and O–H groups in total. The Bertz CT molecular complexity index is 510. The van der Waals surface area contributed by atoms with Crippen LogP contribution in [0.2, 0.25) is 0 Å². The molecule has 0 bridgehead atoms. The van der Waals surface area contributed by atoms with E-state index in [9.17, 15) is 10.2 Å². The summed E-state index contributed by atoms with van der Waals surface area (Å²) in [5.74, 6) is 0. The fourth-order valence-electron chi connectivity index (χ4n) is 2.10. The number of hydrogen-bond acceptors (Lipinski definition) is 4. The Hall–Kier alpha value is -1.75. The number of aryl methyl sites for hydroxylation is 1. The first-order chi connectivity index (χ1) is 9.74. The van der Waals surface area contributed by atoms with E-state index < -0.39 is 0 Å². The third-order valence-corrected chi connectivity index (χ3v) is 3.29. The molecule has 0 saturated heterocycles. The molecule has 0 spiro atoms. The average molecular weight is 272 g/mol. The highest BCUT2D eigenvalue weighted by atomic mass is 16.3. The maximum atomic E-state index is 9.28. The van der Waals surface area contributed by atoms with Gasteiger partial charge in [-0.3, -0.25) is 10.3 Å². The van der Waals surface area contributed by atoms with E-state index in [1.807, 2.05) is 19.1 Å². The number of hydrogen-bond donors (Lipinski definition) is 3. The molecule has 0 amide bonds. The molecule has 0 unspecified atom stereocenters. The third-order valence-electron chi connectivity index (χ3n) is 3.29. The van der Waals surface area contributed by atoms with E-state index in [0.717, 1.165) is 11.1 Å². The molecule has 2 rings (SSSR count). The molecule has 0 fully saturated rings. The second-order valence-corrected chi connectivity index (χ2v) is 4.85. The highest BCUT2D eigenvalue weighted by Crippen LogP contribution is 2.22. The number of aromatic nitrogens is 1. The summed E-state index contributed by atoms with van der Waals surface area (Å²) in [6, 6.07) is 11.7. The minimum absolute atomic E-state index is 0.0806. The summed E-state index contributed by atoms with van der Waals surface area (Å²) in [7, 11) is 0. The van der Waals surface area contributed by atoms with E-state index in [1.54, 1.807) is 12.4 Å². The van der Waals surface area contributed by atoms with Gasteiger partial charge in [-0.15, -0.1) is 0 Å². The van der Waals surface area contributed by atoms with Crippen LogP contribution < -0.4 is 5.32 Å². The number of pyridine rings is 1. The SMILES string of the molecule is Cc1ccc([C@@H](NC(CO)CO)c2ccncc2)cc1. The summed E-state index contributed by atoms with van der Waals surface area (Å²) in [6.07, 6.45) is 3.48. The number of nitrogens with zero attached hydrogens (tertiary/aromatic N) is 1. The van der Waals surface area contributed by atoms with Crippen molar-refractivity contribution in [1.82, 2.24) is 10.3 Å². The van der Waals surface area contributed by atoms with Crippen molar-refractivity contribution in [1.29, 1.82) is 0 Å². The van der Waals surface area contributed by atoms with Crippen LogP contribution in [0.5, 0.6) is 0 Å². The maximum absolute atomic E-state index is 9.28. The van der Waals surface area contributed by atoms with Gasteiger partial charge in [0.25, 0.3) is 0 Å². The fraction of sp³-hybridized carbons (Fsp3) is 0.312. The Labute approximate surface area is 119 Å². The van der Waals surface area contributed by atoms with Crippen LogP contribution in [0.25, 0.3) is 0 Å². The van der Waals surface area contributed by atoms with Crippen LogP contribution in [0, 0.1) is 6.92 Å². The lowest BCUT2D eigenvalue weighted by Gasteiger charge is -2.24. The molecule has 1 aromatic heterocycles. The number of aliphatic hydroxyl groups is 2. The molecule has 4 heteroatoms. The van der Waals surface area contributed by atoms with Crippen molar-refractivity contribution in [3.8, 4) is 0 Å². The van der Waals surface area contributed by atoms with Crippen molar-refractivity contribution >= 4 is 0 Å². The van der Waals surface area contributed by atoms with Gasteiger partial charge in [0.2, 0.25) is 0 Å². The Balaban J connectivity index is 2.31. The van der Waals surface area contributed by atoms with E-state index >= 15 is 0 Å². The quantitative estimate of drug-likeness (QED) is 0.744. The summed E-state index contributed by atoms with van der Waals surface area (Å²) < 4.78 is 0. The van der Waals surface area contributed by atoms with Crippen molar-refractivity contribution in [3.63, 3.8) is 0 Å². The van der Waals surface area contributed by atoms with Gasteiger partial charge in [-0.1, -0.05) is 29.8 Å². The van der Waals surface area contributed by atoms with Gasteiger partial charge in [0.15, 0.2) is 0 Å². The molecule has 106 valence electrons. The van der Waals surface area contributed by atoms with Crippen molar-refractivity contribution in [2.75, 3.05) is 13.2 Å². The largest absolute Gasteiger partial charge is 0.395 e. The van der Waals surface area contributed by atoms with E-state index in [2.05, 4.69) is 34.6 Å². The zero-order valence-electron chi connectivity index (χ0n) is 11.5. The average Bonchev–Trinajstić information content (AvgIpc) is 2.51. The summed E-state index contributed by atoms with van der Waals surface area (Å²) in [6.45, 7) is 1.83. The van der Waals surface area contributed by atoms with Gasteiger partial charge >= 0.3 is 0 Å². The molecule has 0 aliphatic rings. The van der Waals surface area contributed by atoms with Crippen LogP contribution in [0.4, 0.5) is 0 Å². The zero-order valence-corrected chi connectivity index (χ0v) is 11.5. The van der Waals surface area contributed by atoms with Crippen molar-refractivity contribution in [3.05, 3.63) is 65.5 Å². The predicted molar refractivity (Wildman–Crippen MR) is 78.4 cm³/mol. The van der Waals surface area contributed by atoms with Crippen LogP contribution >= 0.6 is 0 Å². The number of benzene rings is 1. The zero-order chi connectivity index (χ0) is 14.4. The normalized spacial score (nSPS) is 12.6. The summed E-state index contributed by atoms with van der Waals surface area (Å²) in [5, 5.41) is 21.8. The Morgan fingerprint density at radius 1 is 0.950 bits per heavy atom. The fourth-order valence-corrected chi connectivity index (χ4v) is 2.10. The first-order valence-corrected chi connectivity index (χ1v) is 6.69. The van der Waals surface area contributed by atoms with Gasteiger partial charge in [0.05, 0.1) is 25.3 Å². The highest BCUT2D eigenvalue weighted by molar-refractivity contribution is 5.32. The van der Waals surface area contributed by atoms with Crippen molar-refractivity contribution < 1.29 is 10.2 Å². The highest BCUT2D eigenvalue weighted by Gasteiger charge is 2.17. The molecule has 20 heavy (non-hydrogen) atoms. The summed E-state index contributed by atoms with van der Waals surface area (Å²) in [4.78, 5) is 4.03. The molecular formula is C16H20N2O2. The first-order valence-electron chi connectivity index (χ1n) is 6.69. The third kappa shape index (κ3) is 3.63. The van der Waals surface area contributed by atoms with Crippen molar-refractivity contribution in [2.45, 2.75) is 19.0 Å². The predicted octanol–water partition coefficient (Wildman–Crippen LogP) is 1.42. The minimum Gasteiger partial charge on any atom is -0.395 e. The van der Waals surface area contributed by atoms with Crippen LogP contribution in [0.15, 0.2) is 48.8 Å². The number of aliphatic hydroxyl groups excluding tert-OH is 2. The number of rotatable bonds is 6. The lowest BCUT2D eigenvalue weighted by Crippen LogP contribution is -2.38. The van der Waals surface area contributed by atoms with E-state index in [0.29, 0.717) is 0 Å². The Kier molecular flexibility index (Phi) is 5.24. The van der Waals surface area contributed by atoms with Crippen molar-refractivity contribution in [2.24, 2.45) is 0 Å². The van der Waals surface area contributed by atoms with Gasteiger partial charge in [-0.2, -0.15) is 0 Å². The van der Waals surface area contributed by atoms with E-state index in [-0.39, 0.29) is 25.3 Å². The molecular weight excluding hydrogens is 252 g/mol. The van der Waals surface area contributed by atoms with Gasteiger partial charge < -0.3 is 10.2 Å². The first kappa shape index (κ1) is 14.7. The summed E-state index contributed by atoms with van der Waals surface area (Å²) >= 11 is 0. The van der Waals surface area contributed by atoms with Gasteiger partial charge in [-0.25, -0.2) is 0 Å². The second-order valence-electron chi connectivity index (χ2n) is 4.85. The van der Waals surface area contributed by atoms with E-state index in [1.165, 1.54) is 5.56 Å². The molecule has 0 saturated carbocycles.